The lowest BCUT2D eigenvalue weighted by Gasteiger charge is -2.06. The molecule has 0 spiro atoms. The van der Waals surface area contributed by atoms with Crippen LogP contribution in [0.2, 0.25) is 0 Å². The number of methoxy groups -OCH3 is 1. The van der Waals surface area contributed by atoms with E-state index in [0.29, 0.717) is 22.4 Å². The van der Waals surface area contributed by atoms with E-state index in [1.54, 1.807) is 43.5 Å². The van der Waals surface area contributed by atoms with Crippen LogP contribution in [0, 0.1) is 5.82 Å². The fourth-order valence-electron chi connectivity index (χ4n) is 2.08. The van der Waals surface area contributed by atoms with Crippen molar-refractivity contribution in [3.05, 3.63) is 54.3 Å². The van der Waals surface area contributed by atoms with Crippen LogP contribution in [0.4, 0.5) is 10.1 Å². The van der Waals surface area contributed by atoms with Gasteiger partial charge in [-0.2, -0.15) is 0 Å². The number of benzene rings is 2. The minimum Gasteiger partial charge on any atom is -0.497 e. The molecular weight excluding hydrogens is 343 g/mol. The lowest BCUT2D eigenvalue weighted by atomic mass is 10.2. The van der Waals surface area contributed by atoms with Crippen LogP contribution in [0.5, 0.6) is 5.75 Å². The molecule has 3 aromatic rings. The quantitative estimate of drug-likeness (QED) is 0.661. The number of carbonyl (C=O) groups excluding carboxylic acids is 1. The second kappa shape index (κ2) is 7.80. The van der Waals surface area contributed by atoms with E-state index in [1.165, 1.54) is 23.9 Å². The Bertz CT molecular complexity index is 867. The van der Waals surface area contributed by atoms with Crippen molar-refractivity contribution in [2.75, 3.05) is 18.2 Å². The second-order valence-corrected chi connectivity index (χ2v) is 5.98. The summed E-state index contributed by atoms with van der Waals surface area (Å²) in [6.45, 7) is 0. The van der Waals surface area contributed by atoms with Gasteiger partial charge in [-0.1, -0.05) is 17.8 Å². The Morgan fingerprint density at radius 1 is 1.28 bits per heavy atom. The number of ether oxygens (including phenoxy) is 1. The SMILES string of the molecule is COc1cccc(NC(=O)CSc2n[nH]c(-c3ccc(F)cc3)n2)c1. The average Bonchev–Trinajstić information content (AvgIpc) is 3.10. The topological polar surface area (TPSA) is 79.9 Å². The van der Waals surface area contributed by atoms with Crippen LogP contribution in [-0.2, 0) is 4.79 Å². The molecule has 1 heterocycles. The summed E-state index contributed by atoms with van der Waals surface area (Å²) < 4.78 is 18.1. The molecule has 6 nitrogen and oxygen atoms in total. The molecule has 128 valence electrons. The Morgan fingerprint density at radius 2 is 2.08 bits per heavy atom. The number of aromatic amines is 1. The molecule has 2 N–H and O–H groups in total. The van der Waals surface area contributed by atoms with E-state index >= 15 is 0 Å². The summed E-state index contributed by atoms with van der Waals surface area (Å²) in [6, 6.07) is 13.0. The molecule has 3 rings (SSSR count). The van der Waals surface area contributed by atoms with Crippen LogP contribution in [0.25, 0.3) is 11.4 Å². The van der Waals surface area contributed by atoms with Crippen LogP contribution in [0.3, 0.4) is 0 Å². The number of carbonyl (C=O) groups is 1. The van der Waals surface area contributed by atoms with E-state index in [0.717, 1.165) is 5.56 Å². The Kier molecular flexibility index (Phi) is 5.30. The van der Waals surface area contributed by atoms with Crippen LogP contribution >= 0.6 is 11.8 Å². The average molecular weight is 358 g/mol. The molecule has 0 atom stereocenters. The number of hydrogen-bond acceptors (Lipinski definition) is 5. The number of nitrogens with one attached hydrogen (secondary N) is 2. The molecule has 2 aromatic carbocycles. The molecule has 0 unspecified atom stereocenters. The molecule has 0 aliphatic heterocycles. The predicted octanol–water partition coefficient (Wildman–Crippen LogP) is 3.35. The van der Waals surface area contributed by atoms with Gasteiger partial charge in [0.05, 0.1) is 12.9 Å². The minimum absolute atomic E-state index is 0.165. The highest BCUT2D eigenvalue weighted by Crippen LogP contribution is 2.20. The number of thioether (sulfide) groups is 1. The van der Waals surface area contributed by atoms with Gasteiger partial charge >= 0.3 is 0 Å². The van der Waals surface area contributed by atoms with Gasteiger partial charge in [-0.25, -0.2) is 9.37 Å². The molecule has 0 radical (unpaired) electrons. The predicted molar refractivity (Wildman–Crippen MR) is 94.1 cm³/mol. The van der Waals surface area contributed by atoms with E-state index in [2.05, 4.69) is 20.5 Å². The van der Waals surface area contributed by atoms with Crippen molar-refractivity contribution in [1.29, 1.82) is 0 Å². The van der Waals surface area contributed by atoms with Crippen molar-refractivity contribution in [2.45, 2.75) is 5.16 Å². The number of nitrogens with zero attached hydrogens (tertiary/aromatic N) is 2. The lowest BCUT2D eigenvalue weighted by Crippen LogP contribution is -2.14. The largest absolute Gasteiger partial charge is 0.497 e. The Balaban J connectivity index is 1.56. The summed E-state index contributed by atoms with van der Waals surface area (Å²) in [5, 5.41) is 10.1. The molecule has 8 heteroatoms. The third kappa shape index (κ3) is 4.57. The number of rotatable bonds is 6. The number of hydrogen-bond donors (Lipinski definition) is 2. The monoisotopic (exact) mass is 358 g/mol. The summed E-state index contributed by atoms with van der Waals surface area (Å²) in [6.07, 6.45) is 0. The first-order valence-corrected chi connectivity index (χ1v) is 8.37. The van der Waals surface area contributed by atoms with E-state index in [4.69, 9.17) is 4.74 Å². The number of H-pyrrole nitrogens is 1. The maximum absolute atomic E-state index is 12.9. The van der Waals surface area contributed by atoms with E-state index in [-0.39, 0.29) is 17.5 Å². The minimum atomic E-state index is -0.313. The number of halogens is 1. The van der Waals surface area contributed by atoms with Crippen molar-refractivity contribution in [3.63, 3.8) is 0 Å². The van der Waals surface area contributed by atoms with Gasteiger partial charge in [-0.05, 0) is 36.4 Å². The first-order chi connectivity index (χ1) is 12.1. The first-order valence-electron chi connectivity index (χ1n) is 7.39. The number of anilines is 1. The van der Waals surface area contributed by atoms with Crippen LogP contribution in [-0.4, -0.2) is 34.0 Å². The Morgan fingerprint density at radius 3 is 2.84 bits per heavy atom. The van der Waals surface area contributed by atoms with Crippen molar-refractivity contribution < 1.29 is 13.9 Å². The van der Waals surface area contributed by atoms with E-state index in [1.807, 2.05) is 0 Å². The molecule has 0 aliphatic carbocycles. The van der Waals surface area contributed by atoms with E-state index in [9.17, 15) is 9.18 Å². The zero-order chi connectivity index (χ0) is 17.6. The van der Waals surface area contributed by atoms with Crippen molar-refractivity contribution in [3.8, 4) is 17.1 Å². The molecular formula is C17H15FN4O2S. The fraction of sp³-hybridized carbons (Fsp3) is 0.118. The third-order valence-electron chi connectivity index (χ3n) is 3.27. The maximum Gasteiger partial charge on any atom is 0.234 e. The van der Waals surface area contributed by atoms with Gasteiger partial charge in [0.1, 0.15) is 11.6 Å². The van der Waals surface area contributed by atoms with Gasteiger partial charge in [-0.15, -0.1) is 5.10 Å². The second-order valence-electron chi connectivity index (χ2n) is 5.04. The number of aromatic nitrogens is 3. The smallest absolute Gasteiger partial charge is 0.234 e. The standard InChI is InChI=1S/C17H15FN4O2S/c1-24-14-4-2-3-13(9-14)19-15(23)10-25-17-20-16(21-22-17)11-5-7-12(18)8-6-11/h2-9H,10H2,1H3,(H,19,23)(H,20,21,22). The Hall–Kier alpha value is -2.87. The van der Waals surface area contributed by atoms with E-state index < -0.39 is 0 Å². The highest BCUT2D eigenvalue weighted by atomic mass is 32.2. The van der Waals surface area contributed by atoms with Gasteiger partial charge < -0.3 is 10.1 Å². The number of amides is 1. The lowest BCUT2D eigenvalue weighted by molar-refractivity contribution is -0.113. The summed E-state index contributed by atoms with van der Waals surface area (Å²) in [7, 11) is 1.57. The van der Waals surface area contributed by atoms with Crippen molar-refractivity contribution >= 4 is 23.4 Å². The zero-order valence-electron chi connectivity index (χ0n) is 13.3. The van der Waals surface area contributed by atoms with Gasteiger partial charge in [0.25, 0.3) is 0 Å². The van der Waals surface area contributed by atoms with Gasteiger partial charge in [0, 0.05) is 17.3 Å². The molecule has 1 aromatic heterocycles. The summed E-state index contributed by atoms with van der Waals surface area (Å²) in [5.74, 6) is 0.871. The molecule has 0 fully saturated rings. The molecule has 0 bridgehead atoms. The first kappa shape index (κ1) is 17.0. The van der Waals surface area contributed by atoms with Crippen molar-refractivity contribution in [2.24, 2.45) is 0 Å². The van der Waals surface area contributed by atoms with Crippen molar-refractivity contribution in [1.82, 2.24) is 15.2 Å². The molecule has 0 aliphatic rings. The highest BCUT2D eigenvalue weighted by Gasteiger charge is 2.09. The molecule has 0 saturated carbocycles. The van der Waals surface area contributed by atoms with Gasteiger partial charge in [0.2, 0.25) is 11.1 Å². The maximum atomic E-state index is 12.9. The summed E-state index contributed by atoms with van der Waals surface area (Å²) >= 11 is 1.21. The summed E-state index contributed by atoms with van der Waals surface area (Å²) in [4.78, 5) is 16.3. The highest BCUT2D eigenvalue weighted by molar-refractivity contribution is 7.99. The van der Waals surface area contributed by atoms with Crippen LogP contribution in [0.15, 0.2) is 53.7 Å². The van der Waals surface area contributed by atoms with Gasteiger partial charge in [0.15, 0.2) is 5.82 Å². The zero-order valence-corrected chi connectivity index (χ0v) is 14.1. The van der Waals surface area contributed by atoms with Crippen LogP contribution in [0.1, 0.15) is 0 Å². The van der Waals surface area contributed by atoms with Gasteiger partial charge in [-0.3, -0.25) is 9.89 Å². The Labute approximate surface area is 147 Å². The molecule has 25 heavy (non-hydrogen) atoms. The van der Waals surface area contributed by atoms with Crippen LogP contribution < -0.4 is 10.1 Å². The summed E-state index contributed by atoms with van der Waals surface area (Å²) in [5.41, 5.74) is 1.38. The third-order valence-corrected chi connectivity index (χ3v) is 4.12. The molecule has 0 saturated heterocycles. The molecule has 1 amide bonds. The fourth-order valence-corrected chi connectivity index (χ4v) is 2.67. The normalized spacial score (nSPS) is 10.5.